The number of carbonyl (C=O) groups excluding carboxylic acids is 1. The molecule has 2 heterocycles. The van der Waals surface area contributed by atoms with E-state index in [0.29, 0.717) is 43.5 Å². The third-order valence-corrected chi connectivity index (χ3v) is 6.88. The lowest BCUT2D eigenvalue weighted by molar-refractivity contribution is -0.143. The molecule has 0 spiro atoms. The zero-order valence-electron chi connectivity index (χ0n) is 23.8. The fraction of sp³-hybridized carbons (Fsp3) is 0.312. The monoisotopic (exact) mass is 571 g/mol. The van der Waals surface area contributed by atoms with Gasteiger partial charge in [-0.3, -0.25) is 9.48 Å². The number of benzene rings is 3. The number of rotatable bonds is 14. The van der Waals surface area contributed by atoms with E-state index in [-0.39, 0.29) is 11.8 Å². The number of aromatic nitrogens is 4. The number of anilines is 2. The summed E-state index contributed by atoms with van der Waals surface area (Å²) in [4.78, 5) is 20.4. The van der Waals surface area contributed by atoms with E-state index in [0.717, 1.165) is 58.7 Å². The maximum atomic E-state index is 13.6. The molecule has 0 unspecified atom stereocenters. The average molecular weight is 572 g/mol. The minimum absolute atomic E-state index is 0.142. The summed E-state index contributed by atoms with van der Waals surface area (Å²) in [5, 5.41) is 9.66. The molecular formula is C32H34FN5O4. The molecule has 9 nitrogen and oxygen atoms in total. The van der Waals surface area contributed by atoms with Crippen LogP contribution in [0.25, 0.3) is 21.8 Å². The van der Waals surface area contributed by atoms with Crippen LogP contribution < -0.4 is 14.8 Å². The van der Waals surface area contributed by atoms with Crippen molar-refractivity contribution in [3.8, 4) is 11.5 Å². The van der Waals surface area contributed by atoms with Gasteiger partial charge in [-0.25, -0.2) is 14.4 Å². The van der Waals surface area contributed by atoms with Crippen molar-refractivity contribution < 1.29 is 23.4 Å². The molecule has 0 amide bonds. The quantitative estimate of drug-likeness (QED) is 0.115. The van der Waals surface area contributed by atoms with Crippen molar-refractivity contribution in [1.29, 1.82) is 0 Å². The number of hydrogen-bond acceptors (Lipinski definition) is 8. The molecule has 5 aromatic rings. The lowest BCUT2D eigenvalue weighted by Crippen LogP contribution is -2.04. The van der Waals surface area contributed by atoms with E-state index in [4.69, 9.17) is 14.2 Å². The van der Waals surface area contributed by atoms with Gasteiger partial charge in [-0.15, -0.1) is 0 Å². The first-order chi connectivity index (χ1) is 20.5. The Labute approximate surface area is 243 Å². The maximum Gasteiger partial charge on any atom is 0.305 e. The molecule has 2 aromatic heterocycles. The Balaban J connectivity index is 1.26. The molecule has 0 aliphatic rings. The van der Waals surface area contributed by atoms with Crippen molar-refractivity contribution in [1.82, 2.24) is 19.7 Å². The number of esters is 1. The van der Waals surface area contributed by atoms with Crippen LogP contribution in [0.1, 0.15) is 44.6 Å². The van der Waals surface area contributed by atoms with Crippen molar-refractivity contribution in [2.24, 2.45) is 0 Å². The third-order valence-electron chi connectivity index (χ3n) is 6.88. The molecule has 10 heteroatoms. The molecule has 0 saturated carbocycles. The summed E-state index contributed by atoms with van der Waals surface area (Å²) in [5.41, 5.74) is 3.35. The van der Waals surface area contributed by atoms with Crippen molar-refractivity contribution in [2.75, 3.05) is 25.6 Å². The Kier molecular flexibility index (Phi) is 9.43. The summed E-state index contributed by atoms with van der Waals surface area (Å²) in [6, 6.07) is 16.2. The topological polar surface area (TPSA) is 100 Å². The zero-order valence-corrected chi connectivity index (χ0v) is 23.8. The second-order valence-corrected chi connectivity index (χ2v) is 9.89. The fourth-order valence-electron chi connectivity index (χ4n) is 4.81. The van der Waals surface area contributed by atoms with Crippen LogP contribution in [0.5, 0.6) is 11.5 Å². The SMILES string of the molecule is CCOC(=O)CCCCCCOc1cc2c(Nc3ccc4c(cnn4Cc4cccc(F)c4)c3)ncnc2cc1OC. The average Bonchev–Trinajstić information content (AvgIpc) is 3.38. The number of halogens is 1. The zero-order chi connectivity index (χ0) is 29.3. The van der Waals surface area contributed by atoms with Gasteiger partial charge in [-0.2, -0.15) is 5.10 Å². The summed E-state index contributed by atoms with van der Waals surface area (Å²) in [6.45, 7) is 3.23. The highest BCUT2D eigenvalue weighted by Crippen LogP contribution is 2.35. The summed E-state index contributed by atoms with van der Waals surface area (Å²) in [5.74, 6) is 1.45. The van der Waals surface area contributed by atoms with Crippen LogP contribution in [0.4, 0.5) is 15.9 Å². The van der Waals surface area contributed by atoms with E-state index in [1.807, 2.05) is 48.0 Å². The predicted molar refractivity (Wildman–Crippen MR) is 160 cm³/mol. The molecule has 1 N–H and O–H groups in total. The van der Waals surface area contributed by atoms with Crippen LogP contribution in [0.3, 0.4) is 0 Å². The molecular weight excluding hydrogens is 537 g/mol. The standard InChI is InChI=1S/C32H34FN5O4/c1-3-41-31(39)11-6-4-5-7-14-42-30-17-26-27(18-29(30)40-2)34-21-35-32(26)37-25-12-13-28-23(16-25)19-36-38(28)20-22-9-8-10-24(33)15-22/h8-10,12-13,15-19,21H,3-7,11,14,20H2,1-2H3,(H,34,35,37). The van der Waals surface area contributed by atoms with Crippen LogP contribution in [-0.4, -0.2) is 46.0 Å². The largest absolute Gasteiger partial charge is 0.493 e. The molecule has 3 aromatic carbocycles. The van der Waals surface area contributed by atoms with Gasteiger partial charge in [0.1, 0.15) is 18.0 Å². The molecule has 5 rings (SSSR count). The first kappa shape index (κ1) is 28.8. The smallest absolute Gasteiger partial charge is 0.305 e. The minimum atomic E-state index is -0.262. The predicted octanol–water partition coefficient (Wildman–Crippen LogP) is 6.81. The van der Waals surface area contributed by atoms with Gasteiger partial charge >= 0.3 is 5.97 Å². The Morgan fingerprint density at radius 2 is 1.88 bits per heavy atom. The molecule has 0 aliphatic heterocycles. The number of nitrogens with zero attached hydrogens (tertiary/aromatic N) is 4. The van der Waals surface area contributed by atoms with Crippen LogP contribution in [0.15, 0.2) is 67.1 Å². The highest BCUT2D eigenvalue weighted by atomic mass is 19.1. The number of ether oxygens (including phenoxy) is 3. The lowest BCUT2D eigenvalue weighted by Gasteiger charge is -2.14. The van der Waals surface area contributed by atoms with Gasteiger partial charge < -0.3 is 19.5 Å². The van der Waals surface area contributed by atoms with E-state index in [1.165, 1.54) is 18.5 Å². The van der Waals surface area contributed by atoms with E-state index in [9.17, 15) is 9.18 Å². The van der Waals surface area contributed by atoms with Gasteiger partial charge in [0.2, 0.25) is 0 Å². The van der Waals surface area contributed by atoms with Gasteiger partial charge in [-0.1, -0.05) is 25.0 Å². The van der Waals surface area contributed by atoms with Crippen molar-refractivity contribution in [3.05, 3.63) is 78.5 Å². The Morgan fingerprint density at radius 3 is 2.71 bits per heavy atom. The number of methoxy groups -OCH3 is 1. The van der Waals surface area contributed by atoms with Gasteiger partial charge in [0.15, 0.2) is 11.5 Å². The van der Waals surface area contributed by atoms with E-state index < -0.39 is 0 Å². The van der Waals surface area contributed by atoms with Crippen molar-refractivity contribution in [3.63, 3.8) is 0 Å². The summed E-state index contributed by atoms with van der Waals surface area (Å²) < 4.78 is 32.1. The molecule has 0 fully saturated rings. The Bertz CT molecular complexity index is 1670. The van der Waals surface area contributed by atoms with E-state index in [1.54, 1.807) is 19.4 Å². The number of unbranched alkanes of at least 4 members (excludes halogenated alkanes) is 3. The maximum absolute atomic E-state index is 13.6. The minimum Gasteiger partial charge on any atom is -0.493 e. The molecule has 42 heavy (non-hydrogen) atoms. The summed E-state index contributed by atoms with van der Waals surface area (Å²) in [6.07, 6.45) is 7.31. The van der Waals surface area contributed by atoms with Crippen molar-refractivity contribution in [2.45, 2.75) is 45.6 Å². The third kappa shape index (κ3) is 7.12. The van der Waals surface area contributed by atoms with Crippen LogP contribution in [0.2, 0.25) is 0 Å². The van der Waals surface area contributed by atoms with Crippen molar-refractivity contribution >= 4 is 39.3 Å². The van der Waals surface area contributed by atoms with Crippen LogP contribution >= 0.6 is 0 Å². The molecule has 218 valence electrons. The van der Waals surface area contributed by atoms with E-state index in [2.05, 4.69) is 20.4 Å². The van der Waals surface area contributed by atoms with Crippen LogP contribution in [0, 0.1) is 5.82 Å². The second-order valence-electron chi connectivity index (χ2n) is 9.89. The lowest BCUT2D eigenvalue weighted by atomic mass is 10.1. The Hall–Kier alpha value is -4.73. The van der Waals surface area contributed by atoms with Crippen LogP contribution in [-0.2, 0) is 16.1 Å². The summed E-state index contributed by atoms with van der Waals surface area (Å²) in [7, 11) is 1.60. The fourth-order valence-corrected chi connectivity index (χ4v) is 4.81. The van der Waals surface area contributed by atoms with Gasteiger partial charge in [-0.05, 0) is 61.7 Å². The van der Waals surface area contributed by atoms with Gasteiger partial charge in [0.05, 0.1) is 44.1 Å². The molecule has 0 atom stereocenters. The van der Waals surface area contributed by atoms with E-state index >= 15 is 0 Å². The highest BCUT2D eigenvalue weighted by molar-refractivity contribution is 5.94. The normalized spacial score (nSPS) is 11.1. The number of hydrogen-bond donors (Lipinski definition) is 1. The summed E-state index contributed by atoms with van der Waals surface area (Å²) >= 11 is 0. The molecule has 0 saturated heterocycles. The van der Waals surface area contributed by atoms with Gasteiger partial charge in [0.25, 0.3) is 0 Å². The van der Waals surface area contributed by atoms with Gasteiger partial charge in [0, 0.05) is 28.9 Å². The number of fused-ring (bicyclic) bond motifs is 2. The first-order valence-electron chi connectivity index (χ1n) is 14.1. The second kappa shape index (κ2) is 13.8. The number of carbonyl (C=O) groups is 1. The first-order valence-corrected chi connectivity index (χ1v) is 14.1. The Morgan fingerprint density at radius 1 is 1.00 bits per heavy atom. The number of nitrogens with one attached hydrogen (secondary N) is 1. The molecule has 0 bridgehead atoms. The highest BCUT2D eigenvalue weighted by Gasteiger charge is 2.13. The molecule has 0 radical (unpaired) electrons. The molecule has 0 aliphatic carbocycles.